The Balaban J connectivity index is 1.86. The Bertz CT molecular complexity index is 392. The minimum Gasteiger partial charge on any atom is -0.497 e. The molecule has 0 atom stereocenters. The fourth-order valence-corrected chi connectivity index (χ4v) is 3.61. The van der Waals surface area contributed by atoms with Crippen molar-refractivity contribution in [3.63, 3.8) is 0 Å². The molecule has 0 radical (unpaired) electrons. The summed E-state index contributed by atoms with van der Waals surface area (Å²) in [6.45, 7) is 2.35. The molecule has 1 N–H and O–H groups in total. The molecular formula is C15H23NO2S. The van der Waals surface area contributed by atoms with Crippen molar-refractivity contribution in [3.05, 3.63) is 23.8 Å². The van der Waals surface area contributed by atoms with Crippen LogP contribution in [0.5, 0.6) is 11.5 Å². The van der Waals surface area contributed by atoms with Crippen molar-refractivity contribution in [2.45, 2.75) is 18.6 Å². The number of benzene rings is 1. The summed E-state index contributed by atoms with van der Waals surface area (Å²) in [6.07, 6.45) is 2.62. The van der Waals surface area contributed by atoms with Crippen LogP contribution in [-0.4, -0.2) is 33.1 Å². The molecule has 1 fully saturated rings. The lowest BCUT2D eigenvalue weighted by Gasteiger charge is -2.22. The molecule has 1 aliphatic heterocycles. The van der Waals surface area contributed by atoms with Gasteiger partial charge in [0, 0.05) is 11.3 Å². The smallest absolute Gasteiger partial charge is 0.123 e. The van der Waals surface area contributed by atoms with Gasteiger partial charge in [0.15, 0.2) is 0 Å². The first-order valence-electron chi connectivity index (χ1n) is 6.83. The number of nitrogens with one attached hydrogen (secondary N) is 1. The molecule has 3 nitrogen and oxygen atoms in total. The SMILES string of the molecule is COc1ccc(OC)c(CSCC2CCNCC2)c1. The highest BCUT2D eigenvalue weighted by molar-refractivity contribution is 7.98. The molecule has 19 heavy (non-hydrogen) atoms. The van der Waals surface area contributed by atoms with E-state index in [-0.39, 0.29) is 0 Å². The molecule has 0 aromatic heterocycles. The molecule has 0 aliphatic carbocycles. The van der Waals surface area contributed by atoms with Gasteiger partial charge in [0.2, 0.25) is 0 Å². The number of methoxy groups -OCH3 is 2. The molecule has 4 heteroatoms. The van der Waals surface area contributed by atoms with Gasteiger partial charge in [-0.1, -0.05) is 0 Å². The average Bonchev–Trinajstić information content (AvgIpc) is 2.48. The summed E-state index contributed by atoms with van der Waals surface area (Å²) in [4.78, 5) is 0. The van der Waals surface area contributed by atoms with Gasteiger partial charge in [0.05, 0.1) is 14.2 Å². The first-order chi connectivity index (χ1) is 9.33. The van der Waals surface area contributed by atoms with Gasteiger partial charge < -0.3 is 14.8 Å². The standard InChI is InChI=1S/C15H23NO2S/c1-17-14-3-4-15(18-2)13(9-14)11-19-10-12-5-7-16-8-6-12/h3-4,9,12,16H,5-8,10-11H2,1-2H3. The second-order valence-corrected chi connectivity index (χ2v) is 5.92. The van der Waals surface area contributed by atoms with Crippen molar-refractivity contribution >= 4 is 11.8 Å². The summed E-state index contributed by atoms with van der Waals surface area (Å²) in [5.74, 6) is 4.95. The molecule has 2 rings (SSSR count). The van der Waals surface area contributed by atoms with Gasteiger partial charge in [-0.3, -0.25) is 0 Å². The molecule has 0 spiro atoms. The van der Waals surface area contributed by atoms with Crippen molar-refractivity contribution in [2.24, 2.45) is 5.92 Å². The van der Waals surface area contributed by atoms with Gasteiger partial charge in [-0.05, 0) is 55.8 Å². The van der Waals surface area contributed by atoms with Crippen LogP contribution in [0.3, 0.4) is 0 Å². The minimum absolute atomic E-state index is 0.864. The zero-order valence-corrected chi connectivity index (χ0v) is 12.6. The number of hydrogen-bond donors (Lipinski definition) is 1. The summed E-state index contributed by atoms with van der Waals surface area (Å²) in [7, 11) is 3.43. The predicted molar refractivity (Wildman–Crippen MR) is 81.3 cm³/mol. The zero-order chi connectivity index (χ0) is 13.5. The Morgan fingerprint density at radius 3 is 2.68 bits per heavy atom. The lowest BCUT2D eigenvalue weighted by molar-refractivity contribution is 0.400. The first-order valence-corrected chi connectivity index (χ1v) is 7.98. The van der Waals surface area contributed by atoms with Crippen molar-refractivity contribution < 1.29 is 9.47 Å². The van der Waals surface area contributed by atoms with Crippen LogP contribution in [0.15, 0.2) is 18.2 Å². The van der Waals surface area contributed by atoms with E-state index in [0.29, 0.717) is 0 Å². The van der Waals surface area contributed by atoms with Crippen LogP contribution in [0, 0.1) is 5.92 Å². The van der Waals surface area contributed by atoms with Gasteiger partial charge in [0.25, 0.3) is 0 Å². The number of hydrogen-bond acceptors (Lipinski definition) is 4. The Kier molecular flexibility index (Phi) is 5.86. The normalized spacial score (nSPS) is 16.3. The fraction of sp³-hybridized carbons (Fsp3) is 0.600. The summed E-state index contributed by atoms with van der Waals surface area (Å²) < 4.78 is 10.7. The van der Waals surface area contributed by atoms with Crippen LogP contribution >= 0.6 is 11.8 Å². The maximum absolute atomic E-state index is 5.41. The lowest BCUT2D eigenvalue weighted by atomic mass is 10.0. The van der Waals surface area contributed by atoms with Gasteiger partial charge in [-0.2, -0.15) is 11.8 Å². The molecular weight excluding hydrogens is 258 g/mol. The van der Waals surface area contributed by atoms with Crippen LogP contribution < -0.4 is 14.8 Å². The number of piperidine rings is 1. The molecule has 0 saturated carbocycles. The molecule has 1 saturated heterocycles. The van der Waals surface area contributed by atoms with Crippen molar-refractivity contribution in [3.8, 4) is 11.5 Å². The van der Waals surface area contributed by atoms with Crippen molar-refractivity contribution in [1.29, 1.82) is 0 Å². The second-order valence-electron chi connectivity index (χ2n) is 4.89. The zero-order valence-electron chi connectivity index (χ0n) is 11.8. The van der Waals surface area contributed by atoms with Crippen LogP contribution in [0.1, 0.15) is 18.4 Å². The highest BCUT2D eigenvalue weighted by Crippen LogP contribution is 2.29. The minimum atomic E-state index is 0.864. The molecule has 1 aliphatic rings. The third kappa shape index (κ3) is 4.32. The number of ether oxygens (including phenoxy) is 2. The number of rotatable bonds is 6. The van der Waals surface area contributed by atoms with E-state index in [0.717, 1.165) is 23.2 Å². The second kappa shape index (κ2) is 7.65. The van der Waals surface area contributed by atoms with E-state index in [1.165, 1.54) is 37.2 Å². The third-order valence-corrected chi connectivity index (χ3v) is 4.78. The molecule has 1 heterocycles. The van der Waals surface area contributed by atoms with Gasteiger partial charge >= 0.3 is 0 Å². The molecule has 1 aromatic rings. The average molecular weight is 281 g/mol. The lowest BCUT2D eigenvalue weighted by Crippen LogP contribution is -2.28. The van der Waals surface area contributed by atoms with Crippen molar-refractivity contribution in [1.82, 2.24) is 5.32 Å². The number of thioether (sulfide) groups is 1. The van der Waals surface area contributed by atoms with E-state index in [1.54, 1.807) is 14.2 Å². The molecule has 0 amide bonds. The summed E-state index contributed by atoms with van der Waals surface area (Å²) >= 11 is 2.00. The van der Waals surface area contributed by atoms with Crippen molar-refractivity contribution in [2.75, 3.05) is 33.1 Å². The van der Waals surface area contributed by atoms with Crippen LogP contribution in [0.2, 0.25) is 0 Å². The molecule has 106 valence electrons. The third-order valence-electron chi connectivity index (χ3n) is 3.56. The molecule has 0 unspecified atom stereocenters. The van der Waals surface area contributed by atoms with E-state index in [1.807, 2.05) is 23.9 Å². The quantitative estimate of drug-likeness (QED) is 0.868. The fourth-order valence-electron chi connectivity index (χ4n) is 2.38. The Labute approximate surface area is 120 Å². The van der Waals surface area contributed by atoms with Crippen LogP contribution in [0.4, 0.5) is 0 Å². The van der Waals surface area contributed by atoms with Gasteiger partial charge in [-0.25, -0.2) is 0 Å². The van der Waals surface area contributed by atoms with E-state index in [9.17, 15) is 0 Å². The summed E-state index contributed by atoms with van der Waals surface area (Å²) in [6, 6.07) is 6.01. The van der Waals surface area contributed by atoms with Gasteiger partial charge in [-0.15, -0.1) is 0 Å². The highest BCUT2D eigenvalue weighted by Gasteiger charge is 2.13. The summed E-state index contributed by atoms with van der Waals surface area (Å²) in [5, 5.41) is 3.41. The largest absolute Gasteiger partial charge is 0.497 e. The van der Waals surface area contributed by atoms with E-state index >= 15 is 0 Å². The molecule has 0 bridgehead atoms. The maximum Gasteiger partial charge on any atom is 0.123 e. The topological polar surface area (TPSA) is 30.5 Å². The highest BCUT2D eigenvalue weighted by atomic mass is 32.2. The predicted octanol–water partition coefficient (Wildman–Crippen LogP) is 2.94. The van der Waals surface area contributed by atoms with Crippen LogP contribution in [-0.2, 0) is 5.75 Å². The van der Waals surface area contributed by atoms with E-state index in [4.69, 9.17) is 9.47 Å². The Hall–Kier alpha value is -0.870. The Morgan fingerprint density at radius 1 is 1.21 bits per heavy atom. The van der Waals surface area contributed by atoms with Crippen LogP contribution in [0.25, 0.3) is 0 Å². The summed E-state index contributed by atoms with van der Waals surface area (Å²) in [5.41, 5.74) is 1.22. The monoisotopic (exact) mass is 281 g/mol. The maximum atomic E-state index is 5.41. The Morgan fingerprint density at radius 2 is 2.00 bits per heavy atom. The first kappa shape index (κ1) is 14.5. The molecule has 1 aromatic carbocycles. The van der Waals surface area contributed by atoms with E-state index < -0.39 is 0 Å². The van der Waals surface area contributed by atoms with E-state index in [2.05, 4.69) is 11.4 Å². The van der Waals surface area contributed by atoms with Gasteiger partial charge in [0.1, 0.15) is 11.5 Å².